The van der Waals surface area contributed by atoms with Crippen LogP contribution in [0.3, 0.4) is 0 Å². The van der Waals surface area contributed by atoms with E-state index < -0.39 is 0 Å². The van der Waals surface area contributed by atoms with Crippen LogP contribution in [0.25, 0.3) is 11.0 Å². The van der Waals surface area contributed by atoms with Gasteiger partial charge in [0, 0.05) is 0 Å². The molecule has 0 radical (unpaired) electrons. The molecule has 3 heteroatoms. The van der Waals surface area contributed by atoms with Gasteiger partial charge < -0.3 is 5.73 Å². The summed E-state index contributed by atoms with van der Waals surface area (Å²) in [6, 6.07) is 16.2. The first-order chi connectivity index (χ1) is 9.72. The average Bonchev–Trinajstić information content (AvgIpc) is 2.49. The zero-order valence-corrected chi connectivity index (χ0v) is 11.5. The van der Waals surface area contributed by atoms with Crippen molar-refractivity contribution in [2.75, 3.05) is 0 Å². The molecular formula is C17H17N3. The van der Waals surface area contributed by atoms with Gasteiger partial charge in [-0.05, 0) is 31.0 Å². The Morgan fingerprint density at radius 2 is 1.70 bits per heavy atom. The van der Waals surface area contributed by atoms with E-state index in [9.17, 15) is 0 Å². The maximum absolute atomic E-state index is 6.25. The van der Waals surface area contributed by atoms with Crippen LogP contribution in [0.15, 0.2) is 54.7 Å². The highest BCUT2D eigenvalue weighted by molar-refractivity contribution is 5.73. The molecule has 3 nitrogen and oxygen atoms in total. The Bertz CT molecular complexity index is 720. The highest BCUT2D eigenvalue weighted by Gasteiger charge is 2.10. The number of hydrogen-bond acceptors (Lipinski definition) is 3. The summed E-state index contributed by atoms with van der Waals surface area (Å²) >= 11 is 0. The molecule has 0 aliphatic carbocycles. The molecule has 0 spiro atoms. The summed E-state index contributed by atoms with van der Waals surface area (Å²) in [4.78, 5) is 9.02. The lowest BCUT2D eigenvalue weighted by Crippen LogP contribution is -2.15. The fourth-order valence-electron chi connectivity index (χ4n) is 2.23. The van der Waals surface area contributed by atoms with Crippen LogP contribution in [0.4, 0.5) is 0 Å². The Morgan fingerprint density at radius 1 is 1.00 bits per heavy atom. The lowest BCUT2D eigenvalue weighted by Gasteiger charge is -2.11. The van der Waals surface area contributed by atoms with E-state index in [0.717, 1.165) is 23.1 Å². The Balaban J connectivity index is 1.84. The fraction of sp³-hybridized carbons (Fsp3) is 0.176. The summed E-state index contributed by atoms with van der Waals surface area (Å²) in [5.41, 5.74) is 11.4. The number of hydrogen-bond donors (Lipinski definition) is 1. The van der Waals surface area contributed by atoms with Gasteiger partial charge >= 0.3 is 0 Å². The van der Waals surface area contributed by atoms with E-state index in [1.807, 2.05) is 24.3 Å². The van der Waals surface area contributed by atoms with E-state index in [0.29, 0.717) is 0 Å². The molecule has 0 bridgehead atoms. The van der Waals surface area contributed by atoms with Crippen LogP contribution in [0.5, 0.6) is 0 Å². The van der Waals surface area contributed by atoms with Crippen molar-refractivity contribution in [2.45, 2.75) is 19.4 Å². The van der Waals surface area contributed by atoms with Crippen LogP contribution in [-0.2, 0) is 6.42 Å². The van der Waals surface area contributed by atoms with E-state index in [2.05, 4.69) is 41.2 Å². The molecule has 0 aliphatic rings. The van der Waals surface area contributed by atoms with E-state index in [1.54, 1.807) is 6.20 Å². The molecule has 0 saturated carbocycles. The first-order valence-corrected chi connectivity index (χ1v) is 6.75. The van der Waals surface area contributed by atoms with Gasteiger partial charge in [0.05, 0.1) is 29.0 Å². The third kappa shape index (κ3) is 2.68. The maximum atomic E-state index is 6.25. The lowest BCUT2D eigenvalue weighted by atomic mass is 10.0. The SMILES string of the molecule is Cc1ccc(CC(N)c2cnc3ccccc3n2)cc1. The zero-order chi connectivity index (χ0) is 13.9. The van der Waals surface area contributed by atoms with Crippen LogP contribution in [-0.4, -0.2) is 9.97 Å². The average molecular weight is 263 g/mol. The molecule has 100 valence electrons. The summed E-state index contributed by atoms with van der Waals surface area (Å²) < 4.78 is 0. The molecular weight excluding hydrogens is 246 g/mol. The molecule has 0 amide bonds. The second-order valence-corrected chi connectivity index (χ2v) is 5.08. The second-order valence-electron chi connectivity index (χ2n) is 5.08. The molecule has 3 aromatic rings. The van der Waals surface area contributed by atoms with E-state index in [4.69, 9.17) is 5.73 Å². The maximum Gasteiger partial charge on any atom is 0.0890 e. The normalized spacial score (nSPS) is 12.5. The van der Waals surface area contributed by atoms with Gasteiger partial charge in [0.15, 0.2) is 0 Å². The molecule has 2 aromatic carbocycles. The summed E-state index contributed by atoms with van der Waals surface area (Å²) in [6.07, 6.45) is 2.55. The number of aromatic nitrogens is 2. The minimum atomic E-state index is -0.130. The summed E-state index contributed by atoms with van der Waals surface area (Å²) in [5, 5.41) is 0. The van der Waals surface area contributed by atoms with Gasteiger partial charge in [-0.2, -0.15) is 0 Å². The topological polar surface area (TPSA) is 51.8 Å². The molecule has 0 fully saturated rings. The number of aryl methyl sites for hydroxylation is 1. The molecule has 1 heterocycles. The first kappa shape index (κ1) is 12.8. The molecule has 3 rings (SSSR count). The number of nitrogens with two attached hydrogens (primary N) is 1. The quantitative estimate of drug-likeness (QED) is 0.789. The summed E-state index contributed by atoms with van der Waals surface area (Å²) in [7, 11) is 0. The van der Waals surface area contributed by atoms with Crippen LogP contribution in [0.1, 0.15) is 22.9 Å². The van der Waals surface area contributed by atoms with Gasteiger partial charge in [0.2, 0.25) is 0 Å². The highest BCUT2D eigenvalue weighted by atomic mass is 14.8. The van der Waals surface area contributed by atoms with Gasteiger partial charge in [-0.25, -0.2) is 4.98 Å². The van der Waals surface area contributed by atoms with Crippen molar-refractivity contribution in [1.82, 2.24) is 9.97 Å². The highest BCUT2D eigenvalue weighted by Crippen LogP contribution is 2.17. The van der Waals surface area contributed by atoms with E-state index in [-0.39, 0.29) is 6.04 Å². The Labute approximate surface area is 118 Å². The van der Waals surface area contributed by atoms with Crippen LogP contribution in [0, 0.1) is 6.92 Å². The standard InChI is InChI=1S/C17H17N3/c1-12-6-8-13(9-7-12)10-14(18)17-11-19-15-4-2-3-5-16(15)20-17/h2-9,11,14H,10,18H2,1H3. The molecule has 0 saturated heterocycles. The van der Waals surface area contributed by atoms with Gasteiger partial charge in [0.1, 0.15) is 0 Å². The van der Waals surface area contributed by atoms with Gasteiger partial charge in [-0.1, -0.05) is 42.0 Å². The number of para-hydroxylation sites is 2. The summed E-state index contributed by atoms with van der Waals surface area (Å²) in [5.74, 6) is 0. The van der Waals surface area contributed by atoms with Crippen molar-refractivity contribution < 1.29 is 0 Å². The van der Waals surface area contributed by atoms with Crippen molar-refractivity contribution in [2.24, 2.45) is 5.73 Å². The molecule has 0 aliphatic heterocycles. The number of fused-ring (bicyclic) bond motifs is 1. The largest absolute Gasteiger partial charge is 0.322 e. The third-order valence-corrected chi connectivity index (χ3v) is 3.42. The van der Waals surface area contributed by atoms with Crippen molar-refractivity contribution in [3.63, 3.8) is 0 Å². The van der Waals surface area contributed by atoms with Gasteiger partial charge in [0.25, 0.3) is 0 Å². The van der Waals surface area contributed by atoms with Crippen molar-refractivity contribution in [1.29, 1.82) is 0 Å². The third-order valence-electron chi connectivity index (χ3n) is 3.42. The zero-order valence-electron chi connectivity index (χ0n) is 11.5. The minimum Gasteiger partial charge on any atom is -0.322 e. The molecule has 1 aromatic heterocycles. The van der Waals surface area contributed by atoms with E-state index >= 15 is 0 Å². The van der Waals surface area contributed by atoms with Gasteiger partial charge in [-0.3, -0.25) is 4.98 Å². The Hall–Kier alpha value is -2.26. The van der Waals surface area contributed by atoms with Crippen LogP contribution >= 0.6 is 0 Å². The molecule has 20 heavy (non-hydrogen) atoms. The van der Waals surface area contributed by atoms with Crippen LogP contribution < -0.4 is 5.73 Å². The summed E-state index contributed by atoms with van der Waals surface area (Å²) in [6.45, 7) is 2.08. The molecule has 1 unspecified atom stereocenters. The number of benzene rings is 2. The minimum absolute atomic E-state index is 0.130. The fourth-order valence-corrected chi connectivity index (χ4v) is 2.23. The Kier molecular flexibility index (Phi) is 3.44. The second kappa shape index (κ2) is 5.39. The predicted octanol–water partition coefficient (Wildman–Crippen LogP) is 3.18. The van der Waals surface area contributed by atoms with Gasteiger partial charge in [-0.15, -0.1) is 0 Å². The molecule has 2 N–H and O–H groups in total. The van der Waals surface area contributed by atoms with E-state index in [1.165, 1.54) is 11.1 Å². The number of nitrogens with zero attached hydrogens (tertiary/aromatic N) is 2. The Morgan fingerprint density at radius 3 is 2.45 bits per heavy atom. The molecule has 1 atom stereocenters. The smallest absolute Gasteiger partial charge is 0.0890 e. The predicted molar refractivity (Wildman–Crippen MR) is 81.3 cm³/mol. The lowest BCUT2D eigenvalue weighted by molar-refractivity contribution is 0.696. The monoisotopic (exact) mass is 263 g/mol. The number of rotatable bonds is 3. The van der Waals surface area contributed by atoms with Crippen molar-refractivity contribution in [3.05, 3.63) is 71.5 Å². The first-order valence-electron chi connectivity index (χ1n) is 6.75. The van der Waals surface area contributed by atoms with Crippen LogP contribution in [0.2, 0.25) is 0 Å². The van der Waals surface area contributed by atoms with Crippen molar-refractivity contribution in [3.8, 4) is 0 Å². The van der Waals surface area contributed by atoms with Crippen molar-refractivity contribution >= 4 is 11.0 Å².